The molecule has 5 heteroatoms. The number of nitrogens with two attached hydrogens (primary N) is 1. The lowest BCUT2D eigenvalue weighted by molar-refractivity contribution is -0.112. The van der Waals surface area contributed by atoms with Crippen LogP contribution in [0.4, 0.5) is 0 Å². The Bertz CT molecular complexity index is 496. The molecule has 1 amide bonds. The van der Waals surface area contributed by atoms with Crippen molar-refractivity contribution < 1.29 is 19.4 Å². The Kier molecular flexibility index (Phi) is 3.51. The Labute approximate surface area is 91.8 Å². The third kappa shape index (κ3) is 2.75. The van der Waals surface area contributed by atoms with Crippen LogP contribution in [0.1, 0.15) is 15.9 Å². The van der Waals surface area contributed by atoms with Gasteiger partial charge in [-0.25, -0.2) is 4.79 Å². The van der Waals surface area contributed by atoms with Gasteiger partial charge in [-0.05, 0) is 18.2 Å². The lowest BCUT2D eigenvalue weighted by Crippen LogP contribution is -2.06. The SMILES string of the molecule is COC(=O)c1ccc(C#CC(N)=O)c(O)c1. The van der Waals surface area contributed by atoms with Crippen LogP contribution in [0.2, 0.25) is 0 Å². The molecule has 0 bridgehead atoms. The summed E-state index contributed by atoms with van der Waals surface area (Å²) in [6.45, 7) is 0. The van der Waals surface area contributed by atoms with Gasteiger partial charge >= 0.3 is 5.97 Å². The van der Waals surface area contributed by atoms with E-state index >= 15 is 0 Å². The summed E-state index contributed by atoms with van der Waals surface area (Å²) in [5.41, 5.74) is 5.23. The lowest BCUT2D eigenvalue weighted by Gasteiger charge is -2.01. The molecular formula is C11H9NO4. The summed E-state index contributed by atoms with van der Waals surface area (Å²) in [7, 11) is 1.24. The molecule has 0 saturated carbocycles. The van der Waals surface area contributed by atoms with Gasteiger partial charge in [-0.3, -0.25) is 4.79 Å². The van der Waals surface area contributed by atoms with Crippen LogP contribution in [0.25, 0.3) is 0 Å². The second-order valence-corrected chi connectivity index (χ2v) is 2.84. The first-order valence-electron chi connectivity index (χ1n) is 4.27. The summed E-state index contributed by atoms with van der Waals surface area (Å²) < 4.78 is 4.47. The molecule has 0 heterocycles. The predicted molar refractivity (Wildman–Crippen MR) is 55.5 cm³/mol. The van der Waals surface area contributed by atoms with Crippen molar-refractivity contribution in [1.82, 2.24) is 0 Å². The van der Waals surface area contributed by atoms with Crippen LogP contribution in [0.5, 0.6) is 5.75 Å². The number of carbonyl (C=O) groups is 2. The van der Waals surface area contributed by atoms with E-state index in [2.05, 4.69) is 16.6 Å². The number of carbonyl (C=O) groups excluding carboxylic acids is 2. The summed E-state index contributed by atoms with van der Waals surface area (Å²) >= 11 is 0. The molecule has 3 N–H and O–H groups in total. The molecule has 0 unspecified atom stereocenters. The van der Waals surface area contributed by atoms with E-state index < -0.39 is 11.9 Å². The van der Waals surface area contributed by atoms with Gasteiger partial charge in [0, 0.05) is 5.92 Å². The van der Waals surface area contributed by atoms with Crippen molar-refractivity contribution in [1.29, 1.82) is 0 Å². The molecule has 0 saturated heterocycles. The number of aromatic hydroxyl groups is 1. The van der Waals surface area contributed by atoms with Crippen LogP contribution in [0, 0.1) is 11.8 Å². The smallest absolute Gasteiger partial charge is 0.337 e. The number of methoxy groups -OCH3 is 1. The summed E-state index contributed by atoms with van der Waals surface area (Å²) in [4.78, 5) is 21.5. The molecular weight excluding hydrogens is 210 g/mol. The Morgan fingerprint density at radius 3 is 2.62 bits per heavy atom. The molecule has 1 rings (SSSR count). The summed E-state index contributed by atoms with van der Waals surface area (Å²) in [6, 6.07) is 4.03. The summed E-state index contributed by atoms with van der Waals surface area (Å²) in [5.74, 6) is 2.88. The number of ether oxygens (including phenoxy) is 1. The van der Waals surface area contributed by atoms with Crippen molar-refractivity contribution in [2.75, 3.05) is 7.11 Å². The van der Waals surface area contributed by atoms with E-state index in [1.54, 1.807) is 0 Å². The van der Waals surface area contributed by atoms with E-state index in [4.69, 9.17) is 5.73 Å². The Morgan fingerprint density at radius 1 is 1.44 bits per heavy atom. The first-order valence-corrected chi connectivity index (χ1v) is 4.27. The molecule has 1 aromatic rings. The first kappa shape index (κ1) is 11.6. The van der Waals surface area contributed by atoms with Crippen LogP contribution < -0.4 is 5.73 Å². The molecule has 1 aromatic carbocycles. The fourth-order valence-electron chi connectivity index (χ4n) is 1.01. The van der Waals surface area contributed by atoms with Crippen molar-refractivity contribution in [3.63, 3.8) is 0 Å². The van der Waals surface area contributed by atoms with Crippen LogP contribution in [-0.2, 0) is 9.53 Å². The van der Waals surface area contributed by atoms with Crippen LogP contribution in [0.15, 0.2) is 18.2 Å². The minimum absolute atomic E-state index is 0.199. The number of phenols is 1. The second-order valence-electron chi connectivity index (χ2n) is 2.84. The largest absolute Gasteiger partial charge is 0.507 e. The van der Waals surface area contributed by atoms with Crippen molar-refractivity contribution in [3.8, 4) is 17.6 Å². The van der Waals surface area contributed by atoms with Gasteiger partial charge in [0.1, 0.15) is 5.75 Å². The predicted octanol–water partition coefficient (Wildman–Crippen LogP) is 0.0156. The average Bonchev–Trinajstić information content (AvgIpc) is 2.26. The molecule has 82 valence electrons. The number of amides is 1. The van der Waals surface area contributed by atoms with E-state index in [1.807, 2.05) is 0 Å². The van der Waals surface area contributed by atoms with Crippen molar-refractivity contribution in [2.45, 2.75) is 0 Å². The van der Waals surface area contributed by atoms with Gasteiger partial charge in [0.05, 0.1) is 18.2 Å². The molecule has 5 nitrogen and oxygen atoms in total. The molecule has 0 aliphatic carbocycles. The van der Waals surface area contributed by atoms with E-state index in [-0.39, 0.29) is 16.9 Å². The van der Waals surface area contributed by atoms with Crippen molar-refractivity contribution in [3.05, 3.63) is 29.3 Å². The molecule has 0 fully saturated rings. The highest BCUT2D eigenvalue weighted by molar-refractivity contribution is 5.93. The number of hydrogen-bond acceptors (Lipinski definition) is 4. The van der Waals surface area contributed by atoms with Crippen LogP contribution >= 0.6 is 0 Å². The zero-order chi connectivity index (χ0) is 12.1. The summed E-state index contributed by atoms with van der Waals surface area (Å²) in [5, 5.41) is 9.49. The van der Waals surface area contributed by atoms with Gasteiger partial charge in [0.25, 0.3) is 5.91 Å². The fraction of sp³-hybridized carbons (Fsp3) is 0.0909. The monoisotopic (exact) mass is 219 g/mol. The number of esters is 1. The number of rotatable bonds is 1. The average molecular weight is 219 g/mol. The minimum atomic E-state index is -0.795. The number of primary amides is 1. The van der Waals surface area contributed by atoms with Crippen molar-refractivity contribution >= 4 is 11.9 Å². The van der Waals surface area contributed by atoms with Crippen molar-refractivity contribution in [2.24, 2.45) is 5.73 Å². The Balaban J connectivity index is 3.06. The normalized spacial score (nSPS) is 8.81. The highest BCUT2D eigenvalue weighted by atomic mass is 16.5. The Hall–Kier alpha value is -2.48. The highest BCUT2D eigenvalue weighted by Gasteiger charge is 2.07. The minimum Gasteiger partial charge on any atom is -0.507 e. The maximum Gasteiger partial charge on any atom is 0.337 e. The van der Waals surface area contributed by atoms with E-state index in [9.17, 15) is 14.7 Å². The zero-order valence-corrected chi connectivity index (χ0v) is 8.48. The number of phenolic OH excluding ortho intramolecular Hbond substituents is 1. The molecule has 0 spiro atoms. The standard InChI is InChI=1S/C11H9NO4/c1-16-11(15)8-3-2-7(9(13)6-8)4-5-10(12)14/h2-3,6,13H,1H3,(H2,12,14). The number of benzene rings is 1. The third-order valence-corrected chi connectivity index (χ3v) is 1.74. The topological polar surface area (TPSA) is 89.6 Å². The van der Waals surface area contributed by atoms with E-state index in [1.165, 1.54) is 25.3 Å². The van der Waals surface area contributed by atoms with Gasteiger partial charge in [-0.15, -0.1) is 0 Å². The molecule has 0 atom stereocenters. The fourth-order valence-corrected chi connectivity index (χ4v) is 1.01. The lowest BCUT2D eigenvalue weighted by atomic mass is 10.1. The quantitative estimate of drug-likeness (QED) is 0.514. The zero-order valence-electron chi connectivity index (χ0n) is 8.48. The molecule has 0 radical (unpaired) electrons. The molecule has 16 heavy (non-hydrogen) atoms. The van der Waals surface area contributed by atoms with Gasteiger partial charge in [0.2, 0.25) is 0 Å². The number of hydrogen-bond donors (Lipinski definition) is 2. The van der Waals surface area contributed by atoms with Gasteiger partial charge < -0.3 is 15.6 Å². The van der Waals surface area contributed by atoms with Gasteiger partial charge in [0.15, 0.2) is 0 Å². The van der Waals surface area contributed by atoms with E-state index in [0.717, 1.165) is 0 Å². The summed E-state index contributed by atoms with van der Waals surface area (Å²) in [6.07, 6.45) is 0. The van der Waals surface area contributed by atoms with Crippen LogP contribution in [-0.4, -0.2) is 24.1 Å². The first-order chi connectivity index (χ1) is 7.54. The maximum absolute atomic E-state index is 11.1. The maximum atomic E-state index is 11.1. The second kappa shape index (κ2) is 4.84. The third-order valence-electron chi connectivity index (χ3n) is 1.74. The van der Waals surface area contributed by atoms with Gasteiger partial charge in [-0.2, -0.15) is 0 Å². The highest BCUT2D eigenvalue weighted by Crippen LogP contribution is 2.18. The molecule has 0 aliphatic heterocycles. The Morgan fingerprint density at radius 2 is 2.12 bits per heavy atom. The molecule has 0 aromatic heterocycles. The van der Waals surface area contributed by atoms with E-state index in [0.29, 0.717) is 0 Å². The van der Waals surface area contributed by atoms with Gasteiger partial charge in [-0.1, -0.05) is 5.92 Å². The van der Waals surface area contributed by atoms with Crippen LogP contribution in [0.3, 0.4) is 0 Å². The molecule has 0 aliphatic rings.